The number of amides is 2. The van der Waals surface area contributed by atoms with Gasteiger partial charge in [0.1, 0.15) is 5.69 Å². The molecule has 0 radical (unpaired) electrons. The zero-order chi connectivity index (χ0) is 15.5. The maximum absolute atomic E-state index is 12.4. The molecule has 2 aromatic rings. The summed E-state index contributed by atoms with van der Waals surface area (Å²) in [5.41, 5.74) is 7.33. The number of benzene rings is 1. The van der Waals surface area contributed by atoms with Crippen molar-refractivity contribution in [2.75, 3.05) is 19.6 Å². The molecule has 3 rings (SSSR count). The molecule has 2 amide bonds. The van der Waals surface area contributed by atoms with Gasteiger partial charge in [-0.25, -0.2) is 0 Å². The highest BCUT2D eigenvalue weighted by atomic mass is 16.2. The highest BCUT2D eigenvalue weighted by Gasteiger charge is 2.16. The molecule has 1 aromatic heterocycles. The Morgan fingerprint density at radius 1 is 1.14 bits per heavy atom. The van der Waals surface area contributed by atoms with Gasteiger partial charge in [0.2, 0.25) is 5.91 Å². The molecule has 1 aromatic carbocycles. The Morgan fingerprint density at radius 2 is 1.95 bits per heavy atom. The van der Waals surface area contributed by atoms with Crippen molar-refractivity contribution < 1.29 is 9.59 Å². The third kappa shape index (κ3) is 2.82. The van der Waals surface area contributed by atoms with Crippen LogP contribution in [0.4, 0.5) is 0 Å². The Morgan fingerprint density at radius 3 is 2.77 bits per heavy atom. The molecule has 6 nitrogen and oxygen atoms in total. The number of aromatic nitrogens is 1. The number of nitrogens with two attached hydrogens (primary N) is 1. The van der Waals surface area contributed by atoms with Crippen LogP contribution in [0.15, 0.2) is 24.3 Å². The van der Waals surface area contributed by atoms with E-state index < -0.39 is 5.91 Å². The smallest absolute Gasteiger partial charge is 0.267 e. The first-order valence-electron chi connectivity index (χ1n) is 7.59. The van der Waals surface area contributed by atoms with Gasteiger partial charge in [-0.3, -0.25) is 9.59 Å². The molecule has 0 spiro atoms. The second kappa shape index (κ2) is 6.19. The van der Waals surface area contributed by atoms with Gasteiger partial charge >= 0.3 is 0 Å². The SMILES string of the molecule is NC(=O)c1ccc2cc3n(c2c1)CCCNCCCNC3=O. The van der Waals surface area contributed by atoms with Crippen molar-refractivity contribution in [1.82, 2.24) is 15.2 Å². The van der Waals surface area contributed by atoms with E-state index in [0.717, 1.165) is 43.4 Å². The molecule has 0 saturated carbocycles. The van der Waals surface area contributed by atoms with Crippen molar-refractivity contribution in [2.45, 2.75) is 19.4 Å². The van der Waals surface area contributed by atoms with Gasteiger partial charge in [0.25, 0.3) is 5.91 Å². The zero-order valence-electron chi connectivity index (χ0n) is 12.4. The van der Waals surface area contributed by atoms with E-state index in [2.05, 4.69) is 10.6 Å². The van der Waals surface area contributed by atoms with Crippen LogP contribution in [0.5, 0.6) is 0 Å². The number of fused-ring (bicyclic) bond motifs is 3. The van der Waals surface area contributed by atoms with Crippen LogP contribution in [-0.4, -0.2) is 36.0 Å². The number of rotatable bonds is 1. The lowest BCUT2D eigenvalue weighted by Crippen LogP contribution is -2.27. The summed E-state index contributed by atoms with van der Waals surface area (Å²) in [7, 11) is 0. The molecule has 0 unspecified atom stereocenters. The van der Waals surface area contributed by atoms with Gasteiger partial charge in [0.15, 0.2) is 0 Å². The lowest BCUT2D eigenvalue weighted by atomic mass is 10.1. The molecule has 0 atom stereocenters. The van der Waals surface area contributed by atoms with Crippen LogP contribution in [0.2, 0.25) is 0 Å². The summed E-state index contributed by atoms with van der Waals surface area (Å²) in [6.07, 6.45) is 1.84. The Balaban J connectivity index is 2.07. The Bertz CT molecular complexity index is 720. The van der Waals surface area contributed by atoms with Gasteiger partial charge in [-0.15, -0.1) is 0 Å². The number of nitrogens with one attached hydrogen (secondary N) is 2. The van der Waals surface area contributed by atoms with Crippen LogP contribution in [-0.2, 0) is 6.54 Å². The summed E-state index contributed by atoms with van der Waals surface area (Å²) >= 11 is 0. The average Bonchev–Trinajstić information content (AvgIpc) is 2.85. The Hall–Kier alpha value is -2.34. The topological polar surface area (TPSA) is 89.2 Å². The highest BCUT2D eigenvalue weighted by molar-refractivity contribution is 6.01. The molecule has 0 aliphatic carbocycles. The minimum atomic E-state index is -0.458. The van der Waals surface area contributed by atoms with E-state index in [1.54, 1.807) is 12.1 Å². The van der Waals surface area contributed by atoms with Gasteiger partial charge in [-0.2, -0.15) is 0 Å². The molecule has 0 bridgehead atoms. The van der Waals surface area contributed by atoms with Crippen molar-refractivity contribution in [1.29, 1.82) is 0 Å². The van der Waals surface area contributed by atoms with Crippen molar-refractivity contribution in [2.24, 2.45) is 5.73 Å². The fourth-order valence-electron chi connectivity index (χ4n) is 2.83. The third-order valence-corrected chi connectivity index (χ3v) is 3.97. The number of carbonyl (C=O) groups excluding carboxylic acids is 2. The van der Waals surface area contributed by atoms with E-state index in [4.69, 9.17) is 5.73 Å². The Labute approximate surface area is 128 Å². The summed E-state index contributed by atoms with van der Waals surface area (Å²) in [6.45, 7) is 3.19. The molecule has 0 saturated heterocycles. The molecule has 0 fully saturated rings. The Kier molecular flexibility index (Phi) is 4.11. The normalized spacial score (nSPS) is 16.6. The molecule has 22 heavy (non-hydrogen) atoms. The van der Waals surface area contributed by atoms with Gasteiger partial charge in [0.05, 0.1) is 0 Å². The number of aryl methyl sites for hydroxylation is 1. The number of hydrogen-bond donors (Lipinski definition) is 3. The molecule has 6 heteroatoms. The average molecular weight is 300 g/mol. The second-order valence-corrected chi connectivity index (χ2v) is 5.53. The lowest BCUT2D eigenvalue weighted by molar-refractivity contribution is 0.0944. The highest BCUT2D eigenvalue weighted by Crippen LogP contribution is 2.22. The molecule has 4 N–H and O–H groups in total. The fourth-order valence-corrected chi connectivity index (χ4v) is 2.83. The first-order valence-corrected chi connectivity index (χ1v) is 7.59. The minimum Gasteiger partial charge on any atom is -0.366 e. The number of hydrogen-bond acceptors (Lipinski definition) is 3. The van der Waals surface area contributed by atoms with Crippen LogP contribution < -0.4 is 16.4 Å². The number of primary amides is 1. The van der Waals surface area contributed by atoms with E-state index in [1.165, 1.54) is 0 Å². The fraction of sp³-hybridized carbons (Fsp3) is 0.375. The van der Waals surface area contributed by atoms with E-state index in [9.17, 15) is 9.59 Å². The lowest BCUT2D eigenvalue weighted by Gasteiger charge is -2.10. The summed E-state index contributed by atoms with van der Waals surface area (Å²) in [6, 6.07) is 7.18. The summed E-state index contributed by atoms with van der Waals surface area (Å²) in [5.74, 6) is -0.529. The number of carbonyl (C=O) groups is 2. The maximum atomic E-state index is 12.4. The first-order chi connectivity index (χ1) is 10.7. The van der Waals surface area contributed by atoms with Crippen LogP contribution in [0, 0.1) is 0 Å². The molecule has 1 aliphatic rings. The van der Waals surface area contributed by atoms with Crippen LogP contribution in [0.1, 0.15) is 33.7 Å². The quantitative estimate of drug-likeness (QED) is 0.729. The van der Waals surface area contributed by atoms with Crippen LogP contribution >= 0.6 is 0 Å². The van der Waals surface area contributed by atoms with Crippen molar-refractivity contribution in [3.8, 4) is 0 Å². The van der Waals surface area contributed by atoms with Crippen molar-refractivity contribution >= 4 is 22.7 Å². The predicted octanol–water partition coefficient (Wildman–Crippen LogP) is 0.853. The number of nitrogens with zero attached hydrogens (tertiary/aromatic N) is 1. The standard InChI is InChI=1S/C16H20N4O2/c17-15(21)12-4-3-11-9-14-16(22)19-7-1-5-18-6-2-8-20(14)13(11)10-12/h3-4,9-10,18H,1-2,5-8H2,(H2,17,21)(H,19,22). The van der Waals surface area contributed by atoms with E-state index in [1.807, 2.05) is 16.7 Å². The van der Waals surface area contributed by atoms with Gasteiger partial charge in [-0.1, -0.05) is 6.07 Å². The monoisotopic (exact) mass is 300 g/mol. The van der Waals surface area contributed by atoms with E-state index >= 15 is 0 Å². The summed E-state index contributed by atoms with van der Waals surface area (Å²) in [4.78, 5) is 23.8. The minimum absolute atomic E-state index is 0.0706. The maximum Gasteiger partial charge on any atom is 0.267 e. The third-order valence-electron chi connectivity index (χ3n) is 3.97. The van der Waals surface area contributed by atoms with Gasteiger partial charge in [0, 0.05) is 29.6 Å². The van der Waals surface area contributed by atoms with Crippen molar-refractivity contribution in [3.05, 3.63) is 35.5 Å². The van der Waals surface area contributed by atoms with Crippen LogP contribution in [0.3, 0.4) is 0 Å². The van der Waals surface area contributed by atoms with E-state index in [0.29, 0.717) is 17.8 Å². The second-order valence-electron chi connectivity index (χ2n) is 5.53. The molecule has 2 heterocycles. The predicted molar refractivity (Wildman–Crippen MR) is 84.9 cm³/mol. The molecule has 1 aliphatic heterocycles. The molecular weight excluding hydrogens is 280 g/mol. The van der Waals surface area contributed by atoms with E-state index in [-0.39, 0.29) is 5.91 Å². The van der Waals surface area contributed by atoms with Gasteiger partial charge < -0.3 is 20.9 Å². The molecular formula is C16H20N4O2. The van der Waals surface area contributed by atoms with Crippen LogP contribution in [0.25, 0.3) is 10.9 Å². The van der Waals surface area contributed by atoms with Crippen molar-refractivity contribution in [3.63, 3.8) is 0 Å². The first kappa shape index (κ1) is 14.6. The van der Waals surface area contributed by atoms with Gasteiger partial charge in [-0.05, 0) is 44.1 Å². The zero-order valence-corrected chi connectivity index (χ0v) is 12.4. The summed E-state index contributed by atoms with van der Waals surface area (Å²) < 4.78 is 1.98. The summed E-state index contributed by atoms with van der Waals surface area (Å²) in [5, 5.41) is 7.25. The molecule has 116 valence electrons. The largest absolute Gasteiger partial charge is 0.366 e.